The average molecular weight is 102 g/mol. The SMILES string of the molecule is C/C=C/OCOC. The first-order chi connectivity index (χ1) is 3.41. The summed E-state index contributed by atoms with van der Waals surface area (Å²) in [5.41, 5.74) is 0. The van der Waals surface area contributed by atoms with Crippen LogP contribution < -0.4 is 0 Å². The lowest BCUT2D eigenvalue weighted by molar-refractivity contribution is 0.0198. The van der Waals surface area contributed by atoms with Gasteiger partial charge in [0.05, 0.1) is 6.26 Å². The maximum atomic E-state index is 4.73. The molecule has 0 aliphatic carbocycles. The summed E-state index contributed by atoms with van der Waals surface area (Å²) in [6.45, 7) is 2.22. The molecular weight excluding hydrogens is 92.1 g/mol. The van der Waals surface area contributed by atoms with Crippen LogP contribution in [0.4, 0.5) is 0 Å². The highest BCUT2D eigenvalue weighted by atomic mass is 16.7. The van der Waals surface area contributed by atoms with Gasteiger partial charge in [0.15, 0.2) is 6.79 Å². The van der Waals surface area contributed by atoms with Gasteiger partial charge in [-0.2, -0.15) is 0 Å². The number of ether oxygens (including phenoxy) is 2. The fraction of sp³-hybridized carbons (Fsp3) is 0.600. The molecule has 0 unspecified atom stereocenters. The zero-order valence-corrected chi connectivity index (χ0v) is 4.68. The summed E-state index contributed by atoms with van der Waals surface area (Å²) < 4.78 is 9.30. The van der Waals surface area contributed by atoms with Gasteiger partial charge in [-0.05, 0) is 6.92 Å². The number of rotatable bonds is 3. The molecule has 0 radical (unpaired) electrons. The topological polar surface area (TPSA) is 18.5 Å². The van der Waals surface area contributed by atoms with Gasteiger partial charge in [0, 0.05) is 7.11 Å². The van der Waals surface area contributed by atoms with E-state index in [1.807, 2.05) is 6.92 Å². The molecule has 0 aromatic heterocycles. The van der Waals surface area contributed by atoms with Crippen molar-refractivity contribution in [2.45, 2.75) is 6.92 Å². The number of methoxy groups -OCH3 is 1. The Balaban J connectivity index is 2.69. The summed E-state index contributed by atoms with van der Waals surface area (Å²) >= 11 is 0. The number of allylic oxidation sites excluding steroid dienone is 1. The third kappa shape index (κ3) is 5.50. The summed E-state index contributed by atoms with van der Waals surface area (Å²) in [6.07, 6.45) is 3.39. The van der Waals surface area contributed by atoms with Gasteiger partial charge in [-0.3, -0.25) is 0 Å². The van der Waals surface area contributed by atoms with Crippen LogP contribution in [-0.2, 0) is 9.47 Å². The van der Waals surface area contributed by atoms with Crippen LogP contribution in [0.25, 0.3) is 0 Å². The summed E-state index contributed by atoms with van der Waals surface area (Å²) in [4.78, 5) is 0. The molecule has 0 amide bonds. The molecule has 7 heavy (non-hydrogen) atoms. The van der Waals surface area contributed by atoms with Crippen molar-refractivity contribution in [2.75, 3.05) is 13.9 Å². The molecule has 0 heterocycles. The first-order valence-electron chi connectivity index (χ1n) is 2.13. The van der Waals surface area contributed by atoms with Gasteiger partial charge in [-0.25, -0.2) is 0 Å². The van der Waals surface area contributed by atoms with Crippen molar-refractivity contribution >= 4 is 0 Å². The molecule has 42 valence electrons. The monoisotopic (exact) mass is 102 g/mol. The first kappa shape index (κ1) is 6.50. The van der Waals surface area contributed by atoms with Crippen molar-refractivity contribution in [3.8, 4) is 0 Å². The average Bonchev–Trinajstić information content (AvgIpc) is 1.69. The fourth-order valence-corrected chi connectivity index (χ4v) is 0.204. The molecule has 0 aromatic carbocycles. The van der Waals surface area contributed by atoms with Crippen molar-refractivity contribution in [3.05, 3.63) is 12.3 Å². The van der Waals surface area contributed by atoms with Crippen LogP contribution >= 0.6 is 0 Å². The van der Waals surface area contributed by atoms with Crippen LogP contribution in [0.5, 0.6) is 0 Å². The molecule has 0 bridgehead atoms. The smallest absolute Gasteiger partial charge is 0.187 e. The molecule has 2 heteroatoms. The summed E-state index contributed by atoms with van der Waals surface area (Å²) in [7, 11) is 1.59. The highest BCUT2D eigenvalue weighted by Crippen LogP contribution is 1.74. The standard InChI is InChI=1S/C5H10O2/c1-3-4-7-5-6-2/h3-4H,5H2,1-2H3/b4-3+. The summed E-state index contributed by atoms with van der Waals surface area (Å²) in [6, 6.07) is 0. The lowest BCUT2D eigenvalue weighted by Gasteiger charge is -1.93. The van der Waals surface area contributed by atoms with Gasteiger partial charge in [-0.1, -0.05) is 6.08 Å². The minimum atomic E-state index is 0.338. The van der Waals surface area contributed by atoms with Crippen molar-refractivity contribution in [1.82, 2.24) is 0 Å². The molecule has 0 aliphatic heterocycles. The minimum absolute atomic E-state index is 0.338. The van der Waals surface area contributed by atoms with E-state index in [0.29, 0.717) is 6.79 Å². The molecule has 0 spiro atoms. The van der Waals surface area contributed by atoms with E-state index < -0.39 is 0 Å². The van der Waals surface area contributed by atoms with Crippen LogP contribution in [0.15, 0.2) is 12.3 Å². The van der Waals surface area contributed by atoms with Crippen LogP contribution in [-0.4, -0.2) is 13.9 Å². The van der Waals surface area contributed by atoms with E-state index in [2.05, 4.69) is 4.74 Å². The minimum Gasteiger partial charge on any atom is -0.476 e. The predicted octanol–water partition coefficient (Wildman–Crippen LogP) is 1.14. The van der Waals surface area contributed by atoms with Crippen LogP contribution in [0.2, 0.25) is 0 Å². The van der Waals surface area contributed by atoms with Gasteiger partial charge >= 0.3 is 0 Å². The maximum Gasteiger partial charge on any atom is 0.187 e. The zero-order chi connectivity index (χ0) is 5.54. The molecule has 0 saturated heterocycles. The third-order valence-electron chi connectivity index (χ3n) is 0.418. The number of hydrogen-bond acceptors (Lipinski definition) is 2. The Hall–Kier alpha value is -0.500. The fourth-order valence-electron chi connectivity index (χ4n) is 0.204. The largest absolute Gasteiger partial charge is 0.476 e. The van der Waals surface area contributed by atoms with Crippen LogP contribution in [0.3, 0.4) is 0 Å². The quantitative estimate of drug-likeness (QED) is 0.302. The summed E-state index contributed by atoms with van der Waals surface area (Å²) in [5, 5.41) is 0. The Morgan fingerprint density at radius 2 is 2.29 bits per heavy atom. The Kier molecular flexibility index (Phi) is 5.11. The van der Waals surface area contributed by atoms with E-state index in [1.165, 1.54) is 0 Å². The van der Waals surface area contributed by atoms with E-state index in [-0.39, 0.29) is 0 Å². The molecule has 0 atom stereocenters. The van der Waals surface area contributed by atoms with Gasteiger partial charge in [0.25, 0.3) is 0 Å². The highest BCUT2D eigenvalue weighted by Gasteiger charge is 1.68. The lowest BCUT2D eigenvalue weighted by Crippen LogP contribution is -1.87. The third-order valence-corrected chi connectivity index (χ3v) is 0.418. The highest BCUT2D eigenvalue weighted by molar-refractivity contribution is 4.63. The second-order valence-electron chi connectivity index (χ2n) is 1.04. The molecule has 0 N–H and O–H groups in total. The van der Waals surface area contributed by atoms with E-state index in [1.54, 1.807) is 19.4 Å². The maximum absolute atomic E-state index is 4.73. The van der Waals surface area contributed by atoms with E-state index >= 15 is 0 Å². The Labute approximate surface area is 43.7 Å². The lowest BCUT2D eigenvalue weighted by atomic mass is 10.7. The molecule has 0 aromatic rings. The molecule has 0 saturated carbocycles. The van der Waals surface area contributed by atoms with Crippen molar-refractivity contribution in [3.63, 3.8) is 0 Å². The molecule has 0 rings (SSSR count). The second kappa shape index (κ2) is 5.50. The molecule has 0 aliphatic rings. The summed E-state index contributed by atoms with van der Waals surface area (Å²) in [5.74, 6) is 0. The first-order valence-corrected chi connectivity index (χ1v) is 2.13. The van der Waals surface area contributed by atoms with Crippen molar-refractivity contribution in [1.29, 1.82) is 0 Å². The van der Waals surface area contributed by atoms with E-state index in [9.17, 15) is 0 Å². The Bertz CT molecular complexity index is 50.0. The van der Waals surface area contributed by atoms with Crippen LogP contribution in [0.1, 0.15) is 6.92 Å². The van der Waals surface area contributed by atoms with Gasteiger partial charge in [0.1, 0.15) is 0 Å². The second-order valence-corrected chi connectivity index (χ2v) is 1.04. The van der Waals surface area contributed by atoms with Gasteiger partial charge in [-0.15, -0.1) is 0 Å². The normalized spacial score (nSPS) is 10.0. The van der Waals surface area contributed by atoms with Crippen molar-refractivity contribution < 1.29 is 9.47 Å². The van der Waals surface area contributed by atoms with Crippen LogP contribution in [0, 0.1) is 0 Å². The van der Waals surface area contributed by atoms with E-state index in [0.717, 1.165) is 0 Å². The Morgan fingerprint density at radius 1 is 1.57 bits per heavy atom. The zero-order valence-electron chi connectivity index (χ0n) is 4.68. The van der Waals surface area contributed by atoms with Crippen molar-refractivity contribution in [2.24, 2.45) is 0 Å². The van der Waals surface area contributed by atoms with E-state index in [4.69, 9.17) is 4.74 Å². The number of hydrogen-bond donors (Lipinski definition) is 0. The Morgan fingerprint density at radius 3 is 2.71 bits per heavy atom. The molecule has 2 nitrogen and oxygen atoms in total. The molecular formula is C5H10O2. The molecule has 0 fully saturated rings. The predicted molar refractivity (Wildman–Crippen MR) is 27.8 cm³/mol. The van der Waals surface area contributed by atoms with Gasteiger partial charge in [0.2, 0.25) is 0 Å². The van der Waals surface area contributed by atoms with Gasteiger partial charge < -0.3 is 9.47 Å².